The predicted molar refractivity (Wildman–Crippen MR) is 122 cm³/mol. The topological polar surface area (TPSA) is 69.7 Å². The third-order valence-corrected chi connectivity index (χ3v) is 6.54. The Kier molecular flexibility index (Phi) is 10.1. The summed E-state index contributed by atoms with van der Waals surface area (Å²) in [4.78, 5) is 14.4. The van der Waals surface area contributed by atoms with Gasteiger partial charge in [0.15, 0.2) is 0 Å². The molecule has 2 amide bonds. The smallest absolute Gasteiger partial charge is 0.296 e. The SMILES string of the molecule is CCCCN(CCCC)S(=O)(=O)NC(=O)N(C)c1c(C(C)C)cccc1C(C)C. The average Bonchev–Trinajstić information content (AvgIpc) is 2.66. The maximum Gasteiger partial charge on any atom is 0.336 e. The third-order valence-electron chi connectivity index (χ3n) is 5.06. The van der Waals surface area contributed by atoms with Crippen molar-refractivity contribution in [2.75, 3.05) is 25.0 Å². The Morgan fingerprint density at radius 1 is 0.966 bits per heavy atom. The Labute approximate surface area is 177 Å². The lowest BCUT2D eigenvalue weighted by Gasteiger charge is -2.28. The second-order valence-corrected chi connectivity index (χ2v) is 9.84. The zero-order valence-electron chi connectivity index (χ0n) is 19.2. The number of hydrogen-bond acceptors (Lipinski definition) is 3. The molecule has 0 fully saturated rings. The number of nitrogens with zero attached hydrogens (tertiary/aromatic N) is 2. The lowest BCUT2D eigenvalue weighted by molar-refractivity contribution is 0.251. The quantitative estimate of drug-likeness (QED) is 0.528. The van der Waals surface area contributed by atoms with Crippen LogP contribution in [0.2, 0.25) is 0 Å². The van der Waals surface area contributed by atoms with Crippen LogP contribution in [0.25, 0.3) is 0 Å². The van der Waals surface area contributed by atoms with Crippen molar-refractivity contribution in [3.05, 3.63) is 29.3 Å². The van der Waals surface area contributed by atoms with Gasteiger partial charge in [0.2, 0.25) is 0 Å². The van der Waals surface area contributed by atoms with Gasteiger partial charge in [0.1, 0.15) is 0 Å². The predicted octanol–water partition coefficient (Wildman–Crippen LogP) is 5.23. The molecule has 0 heterocycles. The molecule has 1 rings (SSSR count). The molecule has 0 aromatic heterocycles. The van der Waals surface area contributed by atoms with Crippen LogP contribution in [-0.2, 0) is 10.2 Å². The Bertz CT molecular complexity index is 726. The number of anilines is 1. The summed E-state index contributed by atoms with van der Waals surface area (Å²) in [6.45, 7) is 13.2. The van der Waals surface area contributed by atoms with Crippen molar-refractivity contribution in [3.8, 4) is 0 Å². The third kappa shape index (κ3) is 7.00. The van der Waals surface area contributed by atoms with Gasteiger partial charge in [0, 0.05) is 20.1 Å². The largest absolute Gasteiger partial charge is 0.336 e. The number of carbonyl (C=O) groups excluding carboxylic acids is 1. The molecule has 0 saturated heterocycles. The molecule has 166 valence electrons. The highest BCUT2D eigenvalue weighted by Crippen LogP contribution is 2.34. The van der Waals surface area contributed by atoms with E-state index in [1.807, 2.05) is 32.0 Å². The normalized spacial score (nSPS) is 12.1. The molecule has 0 aliphatic rings. The summed E-state index contributed by atoms with van der Waals surface area (Å²) in [6, 6.07) is 5.37. The summed E-state index contributed by atoms with van der Waals surface area (Å²) in [7, 11) is -2.25. The molecule has 1 aromatic rings. The second-order valence-electron chi connectivity index (χ2n) is 8.17. The Morgan fingerprint density at radius 2 is 1.41 bits per heavy atom. The van der Waals surface area contributed by atoms with Crippen LogP contribution in [-0.4, -0.2) is 38.9 Å². The van der Waals surface area contributed by atoms with E-state index in [1.54, 1.807) is 7.05 Å². The molecule has 7 heteroatoms. The van der Waals surface area contributed by atoms with E-state index in [9.17, 15) is 13.2 Å². The maximum absolute atomic E-state index is 13.0. The Balaban J connectivity index is 3.18. The zero-order valence-corrected chi connectivity index (χ0v) is 20.0. The fourth-order valence-corrected chi connectivity index (χ4v) is 4.49. The van der Waals surface area contributed by atoms with Gasteiger partial charge in [-0.05, 0) is 35.8 Å². The second kappa shape index (κ2) is 11.6. The first kappa shape index (κ1) is 25.4. The standard InChI is InChI=1S/C22H39N3O3S/c1-8-10-15-25(16-11-9-2)29(27,28)23-22(26)24(7)21-19(17(3)4)13-12-14-20(21)18(5)6/h12-14,17-18H,8-11,15-16H2,1-7H3,(H,23,26). The monoisotopic (exact) mass is 425 g/mol. The number of para-hydroxylation sites is 1. The van der Waals surface area contributed by atoms with Crippen molar-refractivity contribution < 1.29 is 13.2 Å². The van der Waals surface area contributed by atoms with Gasteiger partial charge in [-0.2, -0.15) is 12.7 Å². The zero-order chi connectivity index (χ0) is 22.2. The number of rotatable bonds is 11. The van der Waals surface area contributed by atoms with Crippen LogP contribution in [0, 0.1) is 0 Å². The fourth-order valence-electron chi connectivity index (χ4n) is 3.27. The molecular formula is C22H39N3O3S. The molecule has 0 unspecified atom stereocenters. The van der Waals surface area contributed by atoms with Crippen molar-refractivity contribution in [2.45, 2.75) is 79.1 Å². The fraction of sp³-hybridized carbons (Fsp3) is 0.682. The number of unbranched alkanes of at least 4 members (excludes halogenated alkanes) is 2. The molecule has 0 spiro atoms. The summed E-state index contributed by atoms with van der Waals surface area (Å²) in [5.41, 5.74) is 2.85. The van der Waals surface area contributed by atoms with E-state index in [0.29, 0.717) is 13.1 Å². The molecule has 0 atom stereocenters. The highest BCUT2D eigenvalue weighted by Gasteiger charge is 2.27. The van der Waals surface area contributed by atoms with Gasteiger partial charge in [0.05, 0.1) is 5.69 Å². The summed E-state index contributed by atoms with van der Waals surface area (Å²) in [6.07, 6.45) is 3.32. The first-order valence-electron chi connectivity index (χ1n) is 10.7. The van der Waals surface area contributed by atoms with Gasteiger partial charge >= 0.3 is 16.2 Å². The average molecular weight is 426 g/mol. The number of amides is 2. The first-order chi connectivity index (χ1) is 13.6. The van der Waals surface area contributed by atoms with Crippen molar-refractivity contribution >= 4 is 21.9 Å². The van der Waals surface area contributed by atoms with Crippen molar-refractivity contribution in [2.24, 2.45) is 0 Å². The lowest BCUT2D eigenvalue weighted by atomic mass is 9.92. The number of urea groups is 1. The summed E-state index contributed by atoms with van der Waals surface area (Å²) < 4.78 is 29.5. The summed E-state index contributed by atoms with van der Waals surface area (Å²) in [5.74, 6) is 0.419. The molecule has 1 N–H and O–H groups in total. The van der Waals surface area contributed by atoms with E-state index in [-0.39, 0.29) is 11.8 Å². The number of carbonyl (C=O) groups is 1. The van der Waals surface area contributed by atoms with Gasteiger partial charge < -0.3 is 0 Å². The number of benzene rings is 1. The van der Waals surface area contributed by atoms with Crippen LogP contribution >= 0.6 is 0 Å². The van der Waals surface area contributed by atoms with E-state index >= 15 is 0 Å². The van der Waals surface area contributed by atoms with Gasteiger partial charge in [-0.25, -0.2) is 9.52 Å². The van der Waals surface area contributed by atoms with Gasteiger partial charge in [-0.1, -0.05) is 72.6 Å². The Morgan fingerprint density at radius 3 is 1.79 bits per heavy atom. The molecule has 6 nitrogen and oxygen atoms in total. The van der Waals surface area contributed by atoms with Crippen molar-refractivity contribution in [3.63, 3.8) is 0 Å². The molecule has 0 aliphatic heterocycles. The molecule has 1 aromatic carbocycles. The minimum absolute atomic E-state index is 0.209. The van der Waals surface area contributed by atoms with E-state index in [2.05, 4.69) is 32.4 Å². The highest BCUT2D eigenvalue weighted by molar-refractivity contribution is 7.87. The molecule has 0 radical (unpaired) electrons. The van der Waals surface area contributed by atoms with E-state index < -0.39 is 16.2 Å². The van der Waals surface area contributed by atoms with Gasteiger partial charge in [0.25, 0.3) is 0 Å². The van der Waals surface area contributed by atoms with Crippen LogP contribution < -0.4 is 9.62 Å². The minimum Gasteiger partial charge on any atom is -0.296 e. The first-order valence-corrected chi connectivity index (χ1v) is 12.2. The van der Waals surface area contributed by atoms with Gasteiger partial charge in [-0.3, -0.25) is 4.90 Å². The summed E-state index contributed by atoms with van der Waals surface area (Å²) >= 11 is 0. The van der Waals surface area contributed by atoms with Crippen LogP contribution in [0.15, 0.2) is 18.2 Å². The van der Waals surface area contributed by atoms with E-state index in [0.717, 1.165) is 42.5 Å². The van der Waals surface area contributed by atoms with Crippen LogP contribution in [0.1, 0.15) is 90.2 Å². The van der Waals surface area contributed by atoms with Crippen LogP contribution in [0.5, 0.6) is 0 Å². The minimum atomic E-state index is -3.89. The highest BCUT2D eigenvalue weighted by atomic mass is 32.2. The molecule has 0 aliphatic carbocycles. The van der Waals surface area contributed by atoms with E-state index in [4.69, 9.17) is 0 Å². The Hall–Kier alpha value is -1.60. The number of hydrogen-bond donors (Lipinski definition) is 1. The molecule has 29 heavy (non-hydrogen) atoms. The molecule has 0 saturated carbocycles. The molecular weight excluding hydrogens is 386 g/mol. The summed E-state index contributed by atoms with van der Waals surface area (Å²) in [5, 5.41) is 0. The van der Waals surface area contributed by atoms with Crippen LogP contribution in [0.3, 0.4) is 0 Å². The van der Waals surface area contributed by atoms with Gasteiger partial charge in [-0.15, -0.1) is 0 Å². The van der Waals surface area contributed by atoms with E-state index in [1.165, 1.54) is 9.21 Å². The lowest BCUT2D eigenvalue weighted by Crippen LogP contribution is -2.49. The number of nitrogens with one attached hydrogen (secondary N) is 1. The van der Waals surface area contributed by atoms with Crippen molar-refractivity contribution in [1.82, 2.24) is 9.03 Å². The molecule has 0 bridgehead atoms. The maximum atomic E-state index is 13.0. The van der Waals surface area contributed by atoms with Crippen LogP contribution in [0.4, 0.5) is 10.5 Å². The van der Waals surface area contributed by atoms with Crippen molar-refractivity contribution in [1.29, 1.82) is 0 Å².